The Kier molecular flexibility index (Phi) is 4.71. The van der Waals surface area contributed by atoms with Crippen LogP contribution >= 0.6 is 0 Å². The average Bonchev–Trinajstić information content (AvgIpc) is 2.57. The second-order valence-electron chi connectivity index (χ2n) is 6.09. The summed E-state index contributed by atoms with van der Waals surface area (Å²) in [7, 11) is 0. The van der Waals surface area contributed by atoms with Crippen molar-refractivity contribution in [2.45, 2.75) is 25.9 Å². The molecule has 0 fully saturated rings. The van der Waals surface area contributed by atoms with E-state index < -0.39 is 6.10 Å². The Morgan fingerprint density at radius 2 is 1.96 bits per heavy atom. The van der Waals surface area contributed by atoms with E-state index >= 15 is 0 Å². The third-order valence-corrected chi connectivity index (χ3v) is 4.17. The molecule has 3 N–H and O–H groups in total. The van der Waals surface area contributed by atoms with E-state index in [1.54, 1.807) is 23.1 Å². The Hall–Kier alpha value is -2.53. The molecule has 24 heavy (non-hydrogen) atoms. The van der Waals surface area contributed by atoms with Gasteiger partial charge in [0.25, 0.3) is 5.91 Å². The molecule has 0 saturated carbocycles. The van der Waals surface area contributed by atoms with E-state index in [-0.39, 0.29) is 12.5 Å². The molecule has 5 nitrogen and oxygen atoms in total. The summed E-state index contributed by atoms with van der Waals surface area (Å²) >= 11 is 0. The fourth-order valence-corrected chi connectivity index (χ4v) is 2.87. The number of nitrogens with two attached hydrogens (primary N) is 1. The number of carbonyl (C=O) groups excluding carboxylic acids is 1. The first-order chi connectivity index (χ1) is 11.6. The number of aliphatic hydroxyl groups is 1. The molecule has 3 rings (SSSR count). The van der Waals surface area contributed by atoms with Gasteiger partial charge in [0.2, 0.25) is 0 Å². The number of fused-ring (bicyclic) bond motifs is 1. The fourth-order valence-electron chi connectivity index (χ4n) is 2.87. The molecule has 2 aromatic rings. The number of aliphatic hydroxyl groups excluding tert-OH is 1. The highest BCUT2D eigenvalue weighted by Crippen LogP contribution is 2.36. The molecule has 1 amide bonds. The third kappa shape index (κ3) is 3.36. The van der Waals surface area contributed by atoms with Gasteiger partial charge in [-0.3, -0.25) is 4.79 Å². The molecule has 1 heterocycles. The molecule has 0 bridgehead atoms. The molecular weight excluding hydrogens is 304 g/mol. The quantitative estimate of drug-likeness (QED) is 0.827. The van der Waals surface area contributed by atoms with Crippen LogP contribution in [0.2, 0.25) is 0 Å². The molecule has 0 aromatic heterocycles. The molecule has 0 radical (unpaired) electrons. The van der Waals surface area contributed by atoms with Gasteiger partial charge in [0.15, 0.2) is 6.10 Å². The second-order valence-corrected chi connectivity index (χ2v) is 6.09. The van der Waals surface area contributed by atoms with Crippen LogP contribution in [0.4, 0.5) is 11.4 Å². The number of nitrogen functional groups attached to an aromatic ring is 1. The lowest BCUT2D eigenvalue weighted by Crippen LogP contribution is -2.47. The number of amides is 1. The SMILES string of the molecule is Cc1ccc(CC2Oc3cc(N)ccc3N(CCCO)C2=O)cc1. The predicted octanol–water partition coefficient (Wildman–Crippen LogP) is 2.30. The Morgan fingerprint density at radius 1 is 1.21 bits per heavy atom. The summed E-state index contributed by atoms with van der Waals surface area (Å²) < 4.78 is 5.94. The zero-order chi connectivity index (χ0) is 17.1. The van der Waals surface area contributed by atoms with E-state index in [2.05, 4.69) is 0 Å². The highest BCUT2D eigenvalue weighted by atomic mass is 16.5. The summed E-state index contributed by atoms with van der Waals surface area (Å²) in [5, 5.41) is 9.11. The molecule has 2 aromatic carbocycles. The first-order valence-electron chi connectivity index (χ1n) is 8.12. The Bertz CT molecular complexity index is 728. The van der Waals surface area contributed by atoms with Crippen LogP contribution in [-0.2, 0) is 11.2 Å². The number of carbonyl (C=O) groups is 1. The maximum absolute atomic E-state index is 12.8. The highest BCUT2D eigenvalue weighted by Gasteiger charge is 2.34. The summed E-state index contributed by atoms with van der Waals surface area (Å²) in [6, 6.07) is 13.4. The maximum Gasteiger partial charge on any atom is 0.268 e. The molecular formula is C19H22N2O3. The zero-order valence-corrected chi connectivity index (χ0v) is 13.7. The molecule has 5 heteroatoms. The van der Waals surface area contributed by atoms with E-state index in [1.807, 2.05) is 31.2 Å². The van der Waals surface area contributed by atoms with E-state index in [0.29, 0.717) is 36.5 Å². The van der Waals surface area contributed by atoms with Crippen molar-refractivity contribution in [1.82, 2.24) is 0 Å². The topological polar surface area (TPSA) is 75.8 Å². The molecule has 1 unspecified atom stereocenters. The summed E-state index contributed by atoms with van der Waals surface area (Å²) in [6.07, 6.45) is 0.441. The standard InChI is InChI=1S/C19H22N2O3/c1-13-3-5-14(6-4-13)11-18-19(23)21(9-2-10-22)16-8-7-15(20)12-17(16)24-18/h3-8,12,18,22H,2,9-11,20H2,1H3. The van der Waals surface area contributed by atoms with Crippen molar-refractivity contribution in [3.8, 4) is 5.75 Å². The first-order valence-corrected chi connectivity index (χ1v) is 8.12. The number of rotatable bonds is 5. The number of benzene rings is 2. The number of anilines is 2. The van der Waals surface area contributed by atoms with Crippen LogP contribution in [0.1, 0.15) is 17.5 Å². The lowest BCUT2D eigenvalue weighted by molar-refractivity contribution is -0.126. The molecule has 0 aliphatic carbocycles. The van der Waals surface area contributed by atoms with Crippen LogP contribution in [0.15, 0.2) is 42.5 Å². The Morgan fingerprint density at radius 3 is 2.67 bits per heavy atom. The number of nitrogens with zero attached hydrogens (tertiary/aromatic N) is 1. The minimum absolute atomic E-state index is 0.0393. The van der Waals surface area contributed by atoms with Crippen molar-refractivity contribution in [3.63, 3.8) is 0 Å². The Balaban J connectivity index is 1.88. The van der Waals surface area contributed by atoms with Gasteiger partial charge in [-0.15, -0.1) is 0 Å². The molecule has 1 atom stereocenters. The van der Waals surface area contributed by atoms with Gasteiger partial charge in [-0.2, -0.15) is 0 Å². The second kappa shape index (κ2) is 6.93. The number of ether oxygens (including phenoxy) is 1. The lowest BCUT2D eigenvalue weighted by Gasteiger charge is -2.34. The van der Waals surface area contributed by atoms with Crippen molar-refractivity contribution in [2.24, 2.45) is 0 Å². The van der Waals surface area contributed by atoms with Gasteiger partial charge in [0.05, 0.1) is 5.69 Å². The van der Waals surface area contributed by atoms with Crippen LogP contribution in [0, 0.1) is 6.92 Å². The van der Waals surface area contributed by atoms with Gasteiger partial charge >= 0.3 is 0 Å². The van der Waals surface area contributed by atoms with Crippen molar-refractivity contribution < 1.29 is 14.6 Å². The minimum Gasteiger partial charge on any atom is -0.478 e. The van der Waals surface area contributed by atoms with Gasteiger partial charge in [-0.05, 0) is 31.0 Å². The molecule has 0 spiro atoms. The van der Waals surface area contributed by atoms with Gasteiger partial charge < -0.3 is 20.5 Å². The van der Waals surface area contributed by atoms with Gasteiger partial charge in [-0.1, -0.05) is 29.8 Å². The summed E-state index contributed by atoms with van der Waals surface area (Å²) in [5.74, 6) is 0.533. The molecule has 126 valence electrons. The molecule has 1 aliphatic rings. The highest BCUT2D eigenvalue weighted by molar-refractivity contribution is 6.00. The number of aryl methyl sites for hydroxylation is 1. The largest absolute Gasteiger partial charge is 0.478 e. The normalized spacial score (nSPS) is 16.7. The average molecular weight is 326 g/mol. The number of hydrogen-bond donors (Lipinski definition) is 2. The van der Waals surface area contributed by atoms with E-state index in [9.17, 15) is 4.79 Å². The molecule has 0 saturated heterocycles. The van der Waals surface area contributed by atoms with E-state index in [0.717, 1.165) is 5.56 Å². The summed E-state index contributed by atoms with van der Waals surface area (Å²) in [4.78, 5) is 14.5. The van der Waals surface area contributed by atoms with Crippen LogP contribution in [0.25, 0.3) is 0 Å². The van der Waals surface area contributed by atoms with Gasteiger partial charge in [0.1, 0.15) is 5.75 Å². The third-order valence-electron chi connectivity index (χ3n) is 4.17. The predicted molar refractivity (Wildman–Crippen MR) is 94.2 cm³/mol. The van der Waals surface area contributed by atoms with E-state index in [4.69, 9.17) is 15.6 Å². The Labute approximate surface area is 141 Å². The number of hydrogen-bond acceptors (Lipinski definition) is 4. The smallest absolute Gasteiger partial charge is 0.268 e. The van der Waals surface area contributed by atoms with Crippen molar-refractivity contribution in [3.05, 3.63) is 53.6 Å². The first kappa shape index (κ1) is 16.3. The van der Waals surface area contributed by atoms with Crippen LogP contribution in [0.5, 0.6) is 5.75 Å². The molecule has 1 aliphatic heterocycles. The van der Waals surface area contributed by atoms with Crippen molar-refractivity contribution in [1.29, 1.82) is 0 Å². The van der Waals surface area contributed by atoms with Crippen LogP contribution in [0.3, 0.4) is 0 Å². The van der Waals surface area contributed by atoms with Crippen LogP contribution < -0.4 is 15.4 Å². The van der Waals surface area contributed by atoms with Crippen molar-refractivity contribution >= 4 is 17.3 Å². The van der Waals surface area contributed by atoms with Gasteiger partial charge in [-0.25, -0.2) is 0 Å². The van der Waals surface area contributed by atoms with E-state index in [1.165, 1.54) is 5.56 Å². The summed E-state index contributed by atoms with van der Waals surface area (Å²) in [6.45, 7) is 2.53. The van der Waals surface area contributed by atoms with Crippen molar-refractivity contribution in [2.75, 3.05) is 23.8 Å². The lowest BCUT2D eigenvalue weighted by atomic mass is 10.0. The maximum atomic E-state index is 12.8. The summed E-state index contributed by atoms with van der Waals surface area (Å²) in [5.41, 5.74) is 9.39. The monoisotopic (exact) mass is 326 g/mol. The van der Waals surface area contributed by atoms with Crippen LogP contribution in [-0.4, -0.2) is 30.3 Å². The fraction of sp³-hybridized carbons (Fsp3) is 0.316. The minimum atomic E-state index is -0.583. The van der Waals surface area contributed by atoms with Gasteiger partial charge in [0, 0.05) is 31.3 Å². The zero-order valence-electron chi connectivity index (χ0n) is 13.7.